The van der Waals surface area contributed by atoms with Crippen LogP contribution in [0, 0.1) is 18.3 Å². The van der Waals surface area contributed by atoms with E-state index in [9.17, 15) is 5.11 Å². The van der Waals surface area contributed by atoms with Crippen LogP contribution in [0.1, 0.15) is 41.3 Å². The van der Waals surface area contributed by atoms with Crippen molar-refractivity contribution in [3.8, 4) is 6.07 Å². The molecule has 0 saturated heterocycles. The first-order valence-electron chi connectivity index (χ1n) is 8.25. The van der Waals surface area contributed by atoms with Gasteiger partial charge in [0.1, 0.15) is 11.6 Å². The maximum absolute atomic E-state index is 10.2. The highest BCUT2D eigenvalue weighted by Gasteiger charge is 2.21. The zero-order valence-corrected chi connectivity index (χ0v) is 13.7. The van der Waals surface area contributed by atoms with Gasteiger partial charge in [0.2, 0.25) is 0 Å². The molecule has 1 aliphatic rings. The molecule has 0 spiro atoms. The monoisotopic (exact) mass is 326 g/mol. The minimum atomic E-state index is -0.664. The SMILES string of the molecule is Cc1[nH]nc(NC[C@@H](O)CO[C@@H]2CCCc3ccccc32)c1C#N. The average Bonchev–Trinajstić information content (AvgIpc) is 2.97. The molecule has 1 heterocycles. The van der Waals surface area contributed by atoms with Crippen LogP contribution >= 0.6 is 0 Å². The number of aromatic nitrogens is 2. The molecule has 6 heteroatoms. The van der Waals surface area contributed by atoms with E-state index in [0.29, 0.717) is 17.1 Å². The Balaban J connectivity index is 1.51. The van der Waals surface area contributed by atoms with Crippen molar-refractivity contribution < 1.29 is 9.84 Å². The lowest BCUT2D eigenvalue weighted by Crippen LogP contribution is -2.27. The van der Waals surface area contributed by atoms with Crippen molar-refractivity contribution in [3.63, 3.8) is 0 Å². The number of nitriles is 1. The summed E-state index contributed by atoms with van der Waals surface area (Å²) < 4.78 is 5.94. The quantitative estimate of drug-likeness (QED) is 0.758. The lowest BCUT2D eigenvalue weighted by Gasteiger charge is -2.26. The van der Waals surface area contributed by atoms with Crippen molar-refractivity contribution in [3.05, 3.63) is 46.6 Å². The maximum Gasteiger partial charge on any atom is 0.166 e. The molecule has 1 aromatic carbocycles. The minimum Gasteiger partial charge on any atom is -0.389 e. The van der Waals surface area contributed by atoms with Gasteiger partial charge < -0.3 is 15.2 Å². The summed E-state index contributed by atoms with van der Waals surface area (Å²) in [6, 6.07) is 10.4. The summed E-state index contributed by atoms with van der Waals surface area (Å²) in [4.78, 5) is 0. The number of anilines is 1. The predicted molar refractivity (Wildman–Crippen MR) is 90.6 cm³/mol. The van der Waals surface area contributed by atoms with Crippen molar-refractivity contribution in [2.24, 2.45) is 0 Å². The molecule has 0 aliphatic heterocycles. The zero-order valence-electron chi connectivity index (χ0n) is 13.7. The van der Waals surface area contributed by atoms with Crippen LogP contribution in [0.2, 0.25) is 0 Å². The largest absolute Gasteiger partial charge is 0.389 e. The summed E-state index contributed by atoms with van der Waals surface area (Å²) in [6.45, 7) is 2.32. The Hall–Kier alpha value is -2.36. The number of hydrogen-bond donors (Lipinski definition) is 3. The molecule has 24 heavy (non-hydrogen) atoms. The number of aliphatic hydroxyl groups excluding tert-OH is 1. The fraction of sp³-hybridized carbons (Fsp3) is 0.444. The number of nitrogens with one attached hydrogen (secondary N) is 2. The fourth-order valence-electron chi connectivity index (χ4n) is 3.08. The van der Waals surface area contributed by atoms with E-state index in [1.165, 1.54) is 11.1 Å². The van der Waals surface area contributed by atoms with Crippen LogP contribution in [0.25, 0.3) is 0 Å². The summed E-state index contributed by atoms with van der Waals surface area (Å²) in [5, 5.41) is 29.0. The Morgan fingerprint density at radius 3 is 3.17 bits per heavy atom. The molecule has 0 amide bonds. The Morgan fingerprint density at radius 2 is 2.33 bits per heavy atom. The van der Waals surface area contributed by atoms with E-state index in [0.717, 1.165) is 19.3 Å². The summed E-state index contributed by atoms with van der Waals surface area (Å²) in [6.07, 6.45) is 2.56. The molecular formula is C18H22N4O2. The summed E-state index contributed by atoms with van der Waals surface area (Å²) in [5.41, 5.74) is 3.76. The molecule has 0 unspecified atom stereocenters. The van der Waals surface area contributed by atoms with Crippen LogP contribution in [-0.2, 0) is 11.2 Å². The molecule has 126 valence electrons. The summed E-state index contributed by atoms with van der Waals surface area (Å²) in [5.74, 6) is 0.470. The van der Waals surface area contributed by atoms with Crippen LogP contribution in [0.15, 0.2) is 24.3 Å². The molecular weight excluding hydrogens is 304 g/mol. The van der Waals surface area contributed by atoms with Gasteiger partial charge in [0.25, 0.3) is 0 Å². The molecule has 0 radical (unpaired) electrons. The number of benzene rings is 1. The lowest BCUT2D eigenvalue weighted by molar-refractivity contribution is -0.0129. The Bertz CT molecular complexity index is 735. The molecule has 2 aromatic rings. The maximum atomic E-state index is 10.2. The van der Waals surface area contributed by atoms with Crippen molar-refractivity contribution in [2.45, 2.75) is 38.4 Å². The number of nitrogens with zero attached hydrogens (tertiary/aromatic N) is 2. The van der Waals surface area contributed by atoms with Gasteiger partial charge in [-0.15, -0.1) is 0 Å². The van der Waals surface area contributed by atoms with E-state index in [-0.39, 0.29) is 19.3 Å². The van der Waals surface area contributed by atoms with Gasteiger partial charge in [0.05, 0.1) is 24.5 Å². The Labute approximate surface area is 141 Å². The van der Waals surface area contributed by atoms with Crippen LogP contribution < -0.4 is 5.32 Å². The first-order valence-corrected chi connectivity index (χ1v) is 8.25. The van der Waals surface area contributed by atoms with Gasteiger partial charge in [-0.1, -0.05) is 24.3 Å². The topological polar surface area (TPSA) is 94.0 Å². The molecule has 1 aliphatic carbocycles. The zero-order chi connectivity index (χ0) is 16.9. The number of aliphatic hydroxyl groups is 1. The highest BCUT2D eigenvalue weighted by molar-refractivity contribution is 5.53. The highest BCUT2D eigenvalue weighted by Crippen LogP contribution is 2.32. The van der Waals surface area contributed by atoms with Gasteiger partial charge in [0.15, 0.2) is 5.82 Å². The molecule has 0 fully saturated rings. The summed E-state index contributed by atoms with van der Waals surface area (Å²) >= 11 is 0. The molecule has 0 saturated carbocycles. The van der Waals surface area contributed by atoms with E-state index >= 15 is 0 Å². The third kappa shape index (κ3) is 3.58. The predicted octanol–water partition coefficient (Wildman–Crippen LogP) is 2.46. The lowest BCUT2D eigenvalue weighted by atomic mass is 9.89. The second-order valence-corrected chi connectivity index (χ2v) is 6.13. The third-order valence-electron chi connectivity index (χ3n) is 4.37. The van der Waals surface area contributed by atoms with E-state index < -0.39 is 6.10 Å². The molecule has 2 atom stereocenters. The van der Waals surface area contributed by atoms with Crippen molar-refractivity contribution >= 4 is 5.82 Å². The van der Waals surface area contributed by atoms with Crippen molar-refractivity contribution in [1.82, 2.24) is 10.2 Å². The first-order chi connectivity index (χ1) is 11.7. The van der Waals surface area contributed by atoms with Gasteiger partial charge in [-0.2, -0.15) is 10.4 Å². The molecule has 1 aromatic heterocycles. The van der Waals surface area contributed by atoms with E-state index in [2.05, 4.69) is 39.8 Å². The van der Waals surface area contributed by atoms with E-state index in [1.807, 2.05) is 6.07 Å². The number of rotatable bonds is 6. The van der Waals surface area contributed by atoms with Gasteiger partial charge in [-0.3, -0.25) is 5.10 Å². The Morgan fingerprint density at radius 1 is 1.50 bits per heavy atom. The number of aryl methyl sites for hydroxylation is 2. The van der Waals surface area contributed by atoms with E-state index in [1.54, 1.807) is 6.92 Å². The molecule has 3 N–H and O–H groups in total. The van der Waals surface area contributed by atoms with Crippen molar-refractivity contribution in [2.75, 3.05) is 18.5 Å². The number of aromatic amines is 1. The van der Waals surface area contributed by atoms with Crippen LogP contribution in [0.3, 0.4) is 0 Å². The Kier molecular flexibility index (Phi) is 5.14. The minimum absolute atomic E-state index is 0.0481. The average molecular weight is 326 g/mol. The van der Waals surface area contributed by atoms with Gasteiger partial charge >= 0.3 is 0 Å². The van der Waals surface area contributed by atoms with Gasteiger partial charge in [-0.25, -0.2) is 0 Å². The van der Waals surface area contributed by atoms with Crippen LogP contribution in [-0.4, -0.2) is 34.6 Å². The normalized spacial score (nSPS) is 17.8. The second-order valence-electron chi connectivity index (χ2n) is 6.13. The van der Waals surface area contributed by atoms with Gasteiger partial charge in [-0.05, 0) is 37.3 Å². The second kappa shape index (κ2) is 7.47. The number of H-pyrrole nitrogens is 1. The smallest absolute Gasteiger partial charge is 0.166 e. The first kappa shape index (κ1) is 16.5. The number of hydrogen-bond acceptors (Lipinski definition) is 5. The van der Waals surface area contributed by atoms with E-state index in [4.69, 9.17) is 10.00 Å². The fourth-order valence-corrected chi connectivity index (χ4v) is 3.08. The molecule has 3 rings (SSSR count). The molecule has 0 bridgehead atoms. The van der Waals surface area contributed by atoms with Gasteiger partial charge in [0, 0.05) is 6.54 Å². The van der Waals surface area contributed by atoms with Crippen molar-refractivity contribution in [1.29, 1.82) is 5.26 Å². The van der Waals surface area contributed by atoms with Crippen LogP contribution in [0.5, 0.6) is 0 Å². The third-order valence-corrected chi connectivity index (χ3v) is 4.37. The molecule has 6 nitrogen and oxygen atoms in total. The number of ether oxygens (including phenoxy) is 1. The van der Waals surface area contributed by atoms with Crippen LogP contribution in [0.4, 0.5) is 5.82 Å². The highest BCUT2D eigenvalue weighted by atomic mass is 16.5. The standard InChI is InChI=1S/C18H22N4O2/c1-12-16(9-19)18(22-21-12)20-10-14(23)11-24-17-8-4-6-13-5-2-3-7-15(13)17/h2-3,5,7,14,17,23H,4,6,8,10-11H2,1H3,(H2,20,21,22)/t14-,17-/m1/s1. The summed E-state index contributed by atoms with van der Waals surface area (Å²) in [7, 11) is 0. The number of fused-ring (bicyclic) bond motifs is 1.